The quantitative estimate of drug-likeness (QED) is 0.824. The van der Waals surface area contributed by atoms with Crippen LogP contribution in [-0.4, -0.2) is 41.3 Å². The molecule has 0 aromatic carbocycles. The summed E-state index contributed by atoms with van der Waals surface area (Å²) in [6.45, 7) is 11.6. The highest BCUT2D eigenvalue weighted by Gasteiger charge is 2.37. The van der Waals surface area contributed by atoms with Gasteiger partial charge in [0.25, 0.3) is 5.91 Å². The van der Waals surface area contributed by atoms with Crippen molar-refractivity contribution in [2.24, 2.45) is 0 Å². The average molecular weight is 266 g/mol. The number of morpholine rings is 1. The van der Waals surface area contributed by atoms with Crippen molar-refractivity contribution in [1.82, 2.24) is 10.1 Å². The summed E-state index contributed by atoms with van der Waals surface area (Å²) in [5, 5.41) is 3.95. The van der Waals surface area contributed by atoms with Gasteiger partial charge in [0.2, 0.25) is 0 Å². The Morgan fingerprint density at radius 2 is 2.11 bits per heavy atom. The fourth-order valence-electron chi connectivity index (χ4n) is 2.41. The molecule has 1 saturated heterocycles. The molecule has 1 aromatic heterocycles. The Labute approximate surface area is 113 Å². The number of aromatic nitrogens is 1. The minimum atomic E-state index is -0.298. The lowest BCUT2D eigenvalue weighted by Gasteiger charge is -2.42. The van der Waals surface area contributed by atoms with Crippen molar-refractivity contribution in [1.29, 1.82) is 0 Å². The van der Waals surface area contributed by atoms with Crippen LogP contribution in [0.3, 0.4) is 0 Å². The van der Waals surface area contributed by atoms with Gasteiger partial charge >= 0.3 is 0 Å². The molecule has 1 amide bonds. The van der Waals surface area contributed by atoms with Crippen LogP contribution in [0.25, 0.3) is 0 Å². The summed E-state index contributed by atoms with van der Waals surface area (Å²) in [6.07, 6.45) is 0. The monoisotopic (exact) mass is 266 g/mol. The number of nitrogens with zero attached hydrogens (tertiary/aromatic N) is 2. The van der Waals surface area contributed by atoms with Crippen LogP contribution >= 0.6 is 0 Å². The largest absolute Gasteiger partial charge is 0.377 e. The summed E-state index contributed by atoms with van der Waals surface area (Å²) in [7, 11) is 0. The molecule has 0 atom stereocenters. The first kappa shape index (κ1) is 14.1. The zero-order valence-electron chi connectivity index (χ0n) is 12.3. The number of rotatable bonds is 2. The van der Waals surface area contributed by atoms with E-state index in [0.717, 1.165) is 0 Å². The maximum Gasteiger partial charge on any atom is 0.259 e. The van der Waals surface area contributed by atoms with E-state index in [4.69, 9.17) is 9.26 Å². The molecule has 19 heavy (non-hydrogen) atoms. The van der Waals surface area contributed by atoms with Gasteiger partial charge in [-0.3, -0.25) is 4.79 Å². The van der Waals surface area contributed by atoms with Crippen LogP contribution in [0.1, 0.15) is 55.4 Å². The number of ether oxygens (including phenoxy) is 1. The Bertz CT molecular complexity index is 477. The lowest BCUT2D eigenvalue weighted by atomic mass is 9.98. The second-order valence-electron chi connectivity index (χ2n) is 5.98. The molecule has 1 aliphatic rings. The van der Waals surface area contributed by atoms with Crippen molar-refractivity contribution in [2.45, 2.75) is 46.1 Å². The summed E-state index contributed by atoms with van der Waals surface area (Å²) < 4.78 is 10.8. The smallest absolute Gasteiger partial charge is 0.259 e. The molecule has 1 aromatic rings. The first-order valence-electron chi connectivity index (χ1n) is 6.70. The van der Waals surface area contributed by atoms with Gasteiger partial charge in [0.1, 0.15) is 5.56 Å². The van der Waals surface area contributed by atoms with Crippen molar-refractivity contribution in [3.05, 3.63) is 17.0 Å². The van der Waals surface area contributed by atoms with Gasteiger partial charge in [-0.1, -0.05) is 19.0 Å². The zero-order chi connectivity index (χ0) is 14.2. The van der Waals surface area contributed by atoms with E-state index >= 15 is 0 Å². The summed E-state index contributed by atoms with van der Waals surface area (Å²) in [5.74, 6) is 0.810. The molecular formula is C14H22N2O3. The predicted molar refractivity (Wildman–Crippen MR) is 71.3 cm³/mol. The first-order chi connectivity index (χ1) is 8.84. The van der Waals surface area contributed by atoms with E-state index in [-0.39, 0.29) is 17.4 Å². The average Bonchev–Trinajstić information content (AvgIpc) is 2.70. The van der Waals surface area contributed by atoms with Crippen molar-refractivity contribution < 1.29 is 14.1 Å². The van der Waals surface area contributed by atoms with Gasteiger partial charge in [0.05, 0.1) is 24.4 Å². The highest BCUT2D eigenvalue weighted by Crippen LogP contribution is 2.27. The van der Waals surface area contributed by atoms with Crippen LogP contribution in [0.15, 0.2) is 4.52 Å². The normalized spacial score (nSPS) is 18.9. The highest BCUT2D eigenvalue weighted by molar-refractivity contribution is 5.96. The molecule has 0 N–H and O–H groups in total. The third-order valence-corrected chi connectivity index (χ3v) is 3.52. The molecule has 0 aliphatic carbocycles. The molecule has 2 heterocycles. The van der Waals surface area contributed by atoms with Crippen LogP contribution in [-0.2, 0) is 4.74 Å². The Morgan fingerprint density at radius 1 is 1.42 bits per heavy atom. The Morgan fingerprint density at radius 3 is 2.68 bits per heavy atom. The van der Waals surface area contributed by atoms with Gasteiger partial charge in [0.15, 0.2) is 5.76 Å². The lowest BCUT2D eigenvalue weighted by molar-refractivity contribution is -0.0371. The zero-order valence-corrected chi connectivity index (χ0v) is 12.3. The molecule has 5 nitrogen and oxygen atoms in total. The molecule has 0 saturated carbocycles. The molecule has 1 aliphatic heterocycles. The van der Waals surface area contributed by atoms with E-state index in [2.05, 4.69) is 5.16 Å². The molecule has 0 bridgehead atoms. The van der Waals surface area contributed by atoms with E-state index in [0.29, 0.717) is 36.8 Å². The number of hydrogen-bond donors (Lipinski definition) is 0. The second-order valence-corrected chi connectivity index (χ2v) is 5.98. The van der Waals surface area contributed by atoms with E-state index in [1.165, 1.54) is 0 Å². The maximum atomic E-state index is 12.8. The van der Waals surface area contributed by atoms with Crippen LogP contribution < -0.4 is 0 Å². The summed E-state index contributed by atoms with van der Waals surface area (Å²) in [5.41, 5.74) is 0.980. The van der Waals surface area contributed by atoms with Gasteiger partial charge in [0, 0.05) is 12.5 Å². The number of carbonyl (C=O) groups is 1. The van der Waals surface area contributed by atoms with Crippen LogP contribution in [0.4, 0.5) is 0 Å². The molecule has 0 radical (unpaired) electrons. The molecule has 0 unspecified atom stereocenters. The van der Waals surface area contributed by atoms with Crippen LogP contribution in [0.5, 0.6) is 0 Å². The Kier molecular flexibility index (Phi) is 3.67. The summed E-state index contributed by atoms with van der Waals surface area (Å²) >= 11 is 0. The number of aryl methyl sites for hydroxylation is 1. The molecule has 106 valence electrons. The first-order valence-corrected chi connectivity index (χ1v) is 6.70. The Hall–Kier alpha value is -1.36. The number of amides is 1. The van der Waals surface area contributed by atoms with Gasteiger partial charge in [-0.15, -0.1) is 0 Å². The van der Waals surface area contributed by atoms with Crippen LogP contribution in [0.2, 0.25) is 0 Å². The third-order valence-electron chi connectivity index (χ3n) is 3.52. The second kappa shape index (κ2) is 4.96. The van der Waals surface area contributed by atoms with E-state index in [1.54, 1.807) is 0 Å². The SMILES string of the molecule is Cc1noc(C(C)C)c1C(=O)N1CCOCC1(C)C. The maximum absolute atomic E-state index is 12.8. The topological polar surface area (TPSA) is 55.6 Å². The minimum Gasteiger partial charge on any atom is -0.377 e. The van der Waals surface area contributed by atoms with E-state index in [9.17, 15) is 4.79 Å². The van der Waals surface area contributed by atoms with Crippen molar-refractivity contribution in [3.63, 3.8) is 0 Å². The van der Waals surface area contributed by atoms with Crippen molar-refractivity contribution >= 4 is 5.91 Å². The molecular weight excluding hydrogens is 244 g/mol. The Balaban J connectivity index is 2.36. The fraction of sp³-hybridized carbons (Fsp3) is 0.714. The summed E-state index contributed by atoms with van der Waals surface area (Å²) in [6, 6.07) is 0. The number of carbonyl (C=O) groups excluding carboxylic acids is 1. The molecule has 2 rings (SSSR count). The lowest BCUT2D eigenvalue weighted by Crippen LogP contribution is -2.55. The van der Waals surface area contributed by atoms with Gasteiger partial charge in [-0.25, -0.2) is 0 Å². The number of hydrogen-bond acceptors (Lipinski definition) is 4. The van der Waals surface area contributed by atoms with Gasteiger partial charge < -0.3 is 14.2 Å². The molecule has 0 spiro atoms. The summed E-state index contributed by atoms with van der Waals surface area (Å²) in [4.78, 5) is 14.7. The molecule has 1 fully saturated rings. The van der Waals surface area contributed by atoms with Crippen molar-refractivity contribution in [2.75, 3.05) is 19.8 Å². The molecule has 5 heteroatoms. The third kappa shape index (κ3) is 2.52. The van der Waals surface area contributed by atoms with Gasteiger partial charge in [-0.05, 0) is 20.8 Å². The minimum absolute atomic E-state index is 0.00394. The van der Waals surface area contributed by atoms with E-state index in [1.807, 2.05) is 39.5 Å². The highest BCUT2D eigenvalue weighted by atomic mass is 16.5. The van der Waals surface area contributed by atoms with Gasteiger partial charge in [-0.2, -0.15) is 0 Å². The van der Waals surface area contributed by atoms with Crippen LogP contribution in [0, 0.1) is 6.92 Å². The van der Waals surface area contributed by atoms with E-state index < -0.39 is 0 Å². The fourth-order valence-corrected chi connectivity index (χ4v) is 2.41. The van der Waals surface area contributed by atoms with Crippen molar-refractivity contribution in [3.8, 4) is 0 Å². The predicted octanol–water partition coefficient (Wildman–Crippen LogP) is 2.36. The standard InChI is InChI=1S/C14H22N2O3/c1-9(2)12-11(10(3)15-19-12)13(17)16-6-7-18-8-14(16,4)5/h9H,6-8H2,1-5H3.